The zero-order chi connectivity index (χ0) is 13.1. The molecule has 3 rings (SSSR count). The Morgan fingerprint density at radius 3 is 2.42 bits per heavy atom. The lowest BCUT2D eigenvalue weighted by Crippen LogP contribution is -1.87. The first kappa shape index (κ1) is 11.7. The Morgan fingerprint density at radius 2 is 1.68 bits per heavy atom. The Hall–Kier alpha value is -2.35. The van der Waals surface area contributed by atoms with Crippen molar-refractivity contribution in [2.75, 3.05) is 6.61 Å². The van der Waals surface area contributed by atoms with Gasteiger partial charge < -0.3 is 4.74 Å². The minimum Gasteiger partial charge on any atom is -0.489 e. The summed E-state index contributed by atoms with van der Waals surface area (Å²) in [5, 5.41) is 0. The molecule has 94 valence electrons. The lowest BCUT2D eigenvalue weighted by molar-refractivity contribution is 0.284. The van der Waals surface area contributed by atoms with Gasteiger partial charge in [-0.05, 0) is 35.4 Å². The third kappa shape index (κ3) is 2.58. The summed E-state index contributed by atoms with van der Waals surface area (Å²) in [6.45, 7) is 0.581. The highest BCUT2D eigenvalue weighted by Crippen LogP contribution is 2.30. The molecule has 1 aliphatic rings. The van der Waals surface area contributed by atoms with E-state index in [0.717, 1.165) is 22.5 Å². The maximum Gasteiger partial charge on any atom is 0.128 e. The van der Waals surface area contributed by atoms with E-state index in [1.807, 2.05) is 24.3 Å². The Morgan fingerprint density at radius 1 is 0.947 bits per heavy atom. The Balaban J connectivity index is 1.93. The van der Waals surface area contributed by atoms with Crippen LogP contribution in [-0.2, 0) is 4.74 Å². The molecule has 2 heteroatoms. The van der Waals surface area contributed by atoms with E-state index in [4.69, 9.17) is 4.74 Å². The van der Waals surface area contributed by atoms with Crippen molar-refractivity contribution < 1.29 is 9.13 Å². The summed E-state index contributed by atoms with van der Waals surface area (Å²) in [6.07, 6.45) is 4.00. The third-order valence-electron chi connectivity index (χ3n) is 3.04. The fraction of sp³-hybridized carbons (Fsp3) is 0.0588. The predicted octanol–water partition coefficient (Wildman–Crippen LogP) is 4.28. The average molecular weight is 252 g/mol. The molecule has 0 N–H and O–H groups in total. The summed E-state index contributed by atoms with van der Waals surface area (Å²) in [4.78, 5) is 0. The monoisotopic (exact) mass is 252 g/mol. The molecule has 19 heavy (non-hydrogen) atoms. The smallest absolute Gasteiger partial charge is 0.128 e. The van der Waals surface area contributed by atoms with E-state index in [1.165, 1.54) is 12.1 Å². The van der Waals surface area contributed by atoms with Gasteiger partial charge in [-0.3, -0.25) is 0 Å². The summed E-state index contributed by atoms with van der Waals surface area (Å²) in [6, 6.07) is 16.5. The number of halogens is 1. The van der Waals surface area contributed by atoms with Crippen LogP contribution in [0.5, 0.6) is 0 Å². The second kappa shape index (κ2) is 5.11. The number of ether oxygens (including phenoxy) is 1. The van der Waals surface area contributed by atoms with Gasteiger partial charge in [0.25, 0.3) is 0 Å². The molecule has 1 nitrogen and oxygen atoms in total. The van der Waals surface area contributed by atoms with E-state index >= 15 is 0 Å². The van der Waals surface area contributed by atoms with Crippen LogP contribution in [0.15, 0.2) is 66.4 Å². The number of hydrogen-bond donors (Lipinski definition) is 0. The van der Waals surface area contributed by atoms with Gasteiger partial charge in [-0.2, -0.15) is 0 Å². The molecular formula is C17H13FO. The van der Waals surface area contributed by atoms with Crippen LogP contribution in [0.4, 0.5) is 4.39 Å². The molecule has 1 heterocycles. The van der Waals surface area contributed by atoms with Gasteiger partial charge in [0.15, 0.2) is 0 Å². The van der Waals surface area contributed by atoms with Crippen molar-refractivity contribution in [3.8, 4) is 0 Å². The first-order valence-corrected chi connectivity index (χ1v) is 6.19. The first-order valence-electron chi connectivity index (χ1n) is 6.19. The van der Waals surface area contributed by atoms with Crippen LogP contribution < -0.4 is 0 Å². The zero-order valence-corrected chi connectivity index (χ0v) is 10.3. The van der Waals surface area contributed by atoms with Crippen LogP contribution >= 0.6 is 0 Å². The highest BCUT2D eigenvalue weighted by Gasteiger charge is 2.14. The van der Waals surface area contributed by atoms with Gasteiger partial charge in [0.05, 0.1) is 0 Å². The second-order valence-electron chi connectivity index (χ2n) is 4.35. The Bertz CT molecular complexity index is 624. The van der Waals surface area contributed by atoms with Crippen molar-refractivity contribution in [1.29, 1.82) is 0 Å². The van der Waals surface area contributed by atoms with Gasteiger partial charge in [0, 0.05) is 5.57 Å². The molecule has 0 atom stereocenters. The molecule has 0 fully saturated rings. The molecule has 0 aromatic heterocycles. The molecule has 0 spiro atoms. The average Bonchev–Trinajstić information content (AvgIpc) is 2.90. The molecule has 0 bridgehead atoms. The van der Waals surface area contributed by atoms with Crippen molar-refractivity contribution in [1.82, 2.24) is 0 Å². The van der Waals surface area contributed by atoms with Crippen LogP contribution in [0.3, 0.4) is 0 Å². The molecule has 2 aromatic rings. The number of benzene rings is 2. The normalized spacial score (nSPS) is 16.3. The van der Waals surface area contributed by atoms with Gasteiger partial charge in [-0.25, -0.2) is 4.39 Å². The van der Waals surface area contributed by atoms with Crippen molar-refractivity contribution in [3.05, 3.63) is 83.4 Å². The SMILES string of the molecule is Fc1ccc(C=C2OCC=C2c2ccccc2)cc1. The number of rotatable bonds is 2. The minimum atomic E-state index is -0.228. The fourth-order valence-electron chi connectivity index (χ4n) is 2.10. The Kier molecular flexibility index (Phi) is 3.15. The number of allylic oxidation sites excluding steroid dienone is 1. The third-order valence-corrected chi connectivity index (χ3v) is 3.04. The zero-order valence-electron chi connectivity index (χ0n) is 10.3. The van der Waals surface area contributed by atoms with Gasteiger partial charge in [0.1, 0.15) is 18.2 Å². The van der Waals surface area contributed by atoms with E-state index in [-0.39, 0.29) is 5.82 Å². The van der Waals surface area contributed by atoms with Crippen molar-refractivity contribution in [3.63, 3.8) is 0 Å². The van der Waals surface area contributed by atoms with Crippen LogP contribution in [0.25, 0.3) is 11.6 Å². The van der Waals surface area contributed by atoms with E-state index in [2.05, 4.69) is 18.2 Å². The van der Waals surface area contributed by atoms with E-state index in [9.17, 15) is 4.39 Å². The Labute approximate surface area is 111 Å². The molecule has 0 amide bonds. The topological polar surface area (TPSA) is 9.23 Å². The fourth-order valence-corrected chi connectivity index (χ4v) is 2.10. The van der Waals surface area contributed by atoms with Crippen LogP contribution in [0, 0.1) is 5.82 Å². The number of hydrogen-bond acceptors (Lipinski definition) is 1. The molecule has 1 aliphatic heterocycles. The molecule has 0 unspecified atom stereocenters. The van der Waals surface area contributed by atoms with Gasteiger partial charge in [0.2, 0.25) is 0 Å². The predicted molar refractivity (Wildman–Crippen MR) is 74.7 cm³/mol. The van der Waals surface area contributed by atoms with Crippen molar-refractivity contribution in [2.24, 2.45) is 0 Å². The van der Waals surface area contributed by atoms with Gasteiger partial charge in [-0.1, -0.05) is 42.5 Å². The van der Waals surface area contributed by atoms with E-state index < -0.39 is 0 Å². The molecule has 0 radical (unpaired) electrons. The highest BCUT2D eigenvalue weighted by atomic mass is 19.1. The van der Waals surface area contributed by atoms with Crippen LogP contribution in [0.1, 0.15) is 11.1 Å². The largest absolute Gasteiger partial charge is 0.489 e. The quantitative estimate of drug-likeness (QED) is 0.775. The molecule has 0 saturated heterocycles. The second-order valence-corrected chi connectivity index (χ2v) is 4.35. The minimum absolute atomic E-state index is 0.228. The van der Waals surface area contributed by atoms with Crippen molar-refractivity contribution >= 4 is 11.6 Å². The first-order chi connectivity index (χ1) is 9.33. The van der Waals surface area contributed by atoms with Crippen molar-refractivity contribution in [2.45, 2.75) is 0 Å². The maximum absolute atomic E-state index is 12.9. The summed E-state index contributed by atoms with van der Waals surface area (Å²) in [7, 11) is 0. The van der Waals surface area contributed by atoms with Crippen LogP contribution in [-0.4, -0.2) is 6.61 Å². The summed E-state index contributed by atoms with van der Waals surface area (Å²) >= 11 is 0. The summed E-state index contributed by atoms with van der Waals surface area (Å²) in [5.74, 6) is 0.603. The highest BCUT2D eigenvalue weighted by molar-refractivity contribution is 5.83. The lowest BCUT2D eigenvalue weighted by atomic mass is 10.0. The maximum atomic E-state index is 12.9. The standard InChI is InChI=1S/C17H13FO/c18-15-8-6-13(7-9-15)12-17-16(10-11-19-17)14-4-2-1-3-5-14/h1-10,12H,11H2. The molecular weight excluding hydrogens is 239 g/mol. The molecule has 0 aliphatic carbocycles. The lowest BCUT2D eigenvalue weighted by Gasteiger charge is -2.06. The van der Waals surface area contributed by atoms with Gasteiger partial charge in [-0.15, -0.1) is 0 Å². The van der Waals surface area contributed by atoms with E-state index in [1.54, 1.807) is 12.1 Å². The van der Waals surface area contributed by atoms with E-state index in [0.29, 0.717) is 6.61 Å². The van der Waals surface area contributed by atoms with Crippen LogP contribution in [0.2, 0.25) is 0 Å². The summed E-state index contributed by atoms with van der Waals surface area (Å²) in [5.41, 5.74) is 3.15. The molecule has 0 saturated carbocycles. The van der Waals surface area contributed by atoms with Gasteiger partial charge >= 0.3 is 0 Å². The molecule has 2 aromatic carbocycles. The summed E-state index contributed by atoms with van der Waals surface area (Å²) < 4.78 is 18.5.